The summed E-state index contributed by atoms with van der Waals surface area (Å²) in [5.74, 6) is 1.04. The Hall–Kier alpha value is -1.57. The number of hydrogen-bond acceptors (Lipinski definition) is 6. The molecule has 1 aromatic carbocycles. The Labute approximate surface area is 148 Å². The van der Waals surface area contributed by atoms with Gasteiger partial charge < -0.3 is 4.74 Å². The molecule has 1 unspecified atom stereocenters. The maximum absolute atomic E-state index is 12.3. The van der Waals surface area contributed by atoms with Crippen LogP contribution < -0.4 is 10.1 Å². The number of halogens is 1. The fourth-order valence-corrected chi connectivity index (χ4v) is 3.36. The maximum Gasteiger partial charge on any atom is 0.267 e. The van der Waals surface area contributed by atoms with Gasteiger partial charge in [0.1, 0.15) is 5.75 Å². The number of carbonyl (C=O) groups is 1. The molecule has 0 aliphatic heterocycles. The van der Waals surface area contributed by atoms with Crippen molar-refractivity contribution in [1.82, 2.24) is 10.2 Å². The Morgan fingerprint density at radius 1 is 1.57 bits per heavy atom. The average Bonchev–Trinajstić information content (AvgIpc) is 2.98. The highest BCUT2D eigenvalue weighted by molar-refractivity contribution is 8.01. The van der Waals surface area contributed by atoms with E-state index in [2.05, 4.69) is 22.1 Å². The first-order chi connectivity index (χ1) is 11.1. The quantitative estimate of drug-likeness (QED) is 0.427. The lowest BCUT2D eigenvalue weighted by Gasteiger charge is -2.16. The zero-order chi connectivity index (χ0) is 16.7. The fourth-order valence-electron chi connectivity index (χ4n) is 1.66. The van der Waals surface area contributed by atoms with Gasteiger partial charge in [-0.15, -0.1) is 16.8 Å². The topological polar surface area (TPSA) is 64.1 Å². The third-order valence-corrected chi connectivity index (χ3v) is 4.90. The summed E-state index contributed by atoms with van der Waals surface area (Å²) in [6.07, 6.45) is 1.69. The summed E-state index contributed by atoms with van der Waals surface area (Å²) >= 11 is 8.76. The van der Waals surface area contributed by atoms with Gasteiger partial charge in [-0.1, -0.05) is 53.8 Å². The molecule has 5 nitrogen and oxygen atoms in total. The molecule has 0 saturated carbocycles. The van der Waals surface area contributed by atoms with Gasteiger partial charge >= 0.3 is 0 Å². The minimum absolute atomic E-state index is 0.260. The van der Waals surface area contributed by atoms with Crippen molar-refractivity contribution < 1.29 is 9.53 Å². The van der Waals surface area contributed by atoms with Gasteiger partial charge in [0.2, 0.25) is 5.13 Å². The molecule has 0 fully saturated rings. The lowest BCUT2D eigenvalue weighted by molar-refractivity contribution is -0.122. The molecular weight excluding hydrogens is 354 g/mol. The third kappa shape index (κ3) is 5.53. The highest BCUT2D eigenvalue weighted by Crippen LogP contribution is 2.26. The standard InChI is InChI=1S/C15H16ClN3O2S2/c1-3-8-22-15-19-18-14(23-15)17-13(20)12(4-2)21-11-7-5-6-10(16)9-11/h3,5-7,9,12H,1,4,8H2,2H3,(H,17,18,20). The number of nitrogens with zero attached hydrogens (tertiary/aromatic N) is 2. The van der Waals surface area contributed by atoms with Crippen LogP contribution in [-0.2, 0) is 4.79 Å². The smallest absolute Gasteiger partial charge is 0.267 e. The van der Waals surface area contributed by atoms with Crippen molar-refractivity contribution in [2.24, 2.45) is 0 Å². The van der Waals surface area contributed by atoms with Crippen molar-refractivity contribution in [3.8, 4) is 5.75 Å². The van der Waals surface area contributed by atoms with Crippen LogP contribution in [0.15, 0.2) is 41.3 Å². The minimum atomic E-state index is -0.623. The van der Waals surface area contributed by atoms with Crippen molar-refractivity contribution in [2.75, 3.05) is 11.1 Å². The fraction of sp³-hybridized carbons (Fsp3) is 0.267. The van der Waals surface area contributed by atoms with Crippen LogP contribution >= 0.6 is 34.7 Å². The largest absolute Gasteiger partial charge is 0.481 e. The molecule has 1 aromatic heterocycles. The van der Waals surface area contributed by atoms with E-state index in [1.807, 2.05) is 6.92 Å². The molecule has 0 aliphatic carbocycles. The molecule has 23 heavy (non-hydrogen) atoms. The van der Waals surface area contributed by atoms with E-state index in [-0.39, 0.29) is 5.91 Å². The van der Waals surface area contributed by atoms with Crippen LogP contribution in [0.1, 0.15) is 13.3 Å². The van der Waals surface area contributed by atoms with E-state index in [9.17, 15) is 4.79 Å². The Balaban J connectivity index is 1.96. The molecule has 1 heterocycles. The van der Waals surface area contributed by atoms with Crippen LogP contribution in [0.2, 0.25) is 5.02 Å². The van der Waals surface area contributed by atoms with E-state index in [1.54, 1.807) is 30.3 Å². The van der Waals surface area contributed by atoms with Crippen LogP contribution in [0.4, 0.5) is 5.13 Å². The zero-order valence-corrected chi connectivity index (χ0v) is 14.9. The van der Waals surface area contributed by atoms with Gasteiger partial charge in [-0.05, 0) is 24.6 Å². The minimum Gasteiger partial charge on any atom is -0.481 e. The highest BCUT2D eigenvalue weighted by Gasteiger charge is 2.20. The Morgan fingerprint density at radius 3 is 3.09 bits per heavy atom. The summed E-state index contributed by atoms with van der Waals surface area (Å²) in [6.45, 7) is 5.53. The molecule has 0 aliphatic rings. The van der Waals surface area contributed by atoms with E-state index in [4.69, 9.17) is 16.3 Å². The van der Waals surface area contributed by atoms with Gasteiger partial charge in [0.25, 0.3) is 5.91 Å². The highest BCUT2D eigenvalue weighted by atomic mass is 35.5. The molecule has 2 aromatic rings. The van der Waals surface area contributed by atoms with Gasteiger partial charge in [0.05, 0.1) is 0 Å². The van der Waals surface area contributed by atoms with E-state index in [0.717, 1.165) is 10.1 Å². The average molecular weight is 370 g/mol. The number of aromatic nitrogens is 2. The molecule has 1 amide bonds. The van der Waals surface area contributed by atoms with Crippen molar-refractivity contribution in [3.63, 3.8) is 0 Å². The first-order valence-electron chi connectivity index (χ1n) is 6.92. The first-order valence-corrected chi connectivity index (χ1v) is 9.10. The molecule has 0 radical (unpaired) electrons. The van der Waals surface area contributed by atoms with Crippen molar-refractivity contribution in [2.45, 2.75) is 23.8 Å². The van der Waals surface area contributed by atoms with Crippen molar-refractivity contribution in [1.29, 1.82) is 0 Å². The summed E-state index contributed by atoms with van der Waals surface area (Å²) in [4.78, 5) is 12.3. The number of benzene rings is 1. The number of rotatable bonds is 8. The molecule has 1 atom stereocenters. The molecule has 0 spiro atoms. The van der Waals surface area contributed by atoms with Crippen molar-refractivity contribution >= 4 is 45.7 Å². The summed E-state index contributed by atoms with van der Waals surface area (Å²) in [5, 5.41) is 11.7. The number of thioether (sulfide) groups is 1. The summed E-state index contributed by atoms with van der Waals surface area (Å²) < 4.78 is 6.47. The van der Waals surface area contributed by atoms with E-state index in [0.29, 0.717) is 22.3 Å². The van der Waals surface area contributed by atoms with Crippen LogP contribution in [0.5, 0.6) is 5.75 Å². The monoisotopic (exact) mass is 369 g/mol. The SMILES string of the molecule is C=CCSc1nnc(NC(=O)C(CC)Oc2cccc(Cl)c2)s1. The molecule has 1 N–H and O–H groups in total. The second-order valence-corrected chi connectivity index (χ2v) is 7.12. The molecule has 2 rings (SSSR count). The third-order valence-electron chi connectivity index (χ3n) is 2.70. The molecule has 122 valence electrons. The number of hydrogen-bond donors (Lipinski definition) is 1. The van der Waals surface area contributed by atoms with Crippen LogP contribution in [-0.4, -0.2) is 28.0 Å². The van der Waals surface area contributed by atoms with E-state index >= 15 is 0 Å². The second-order valence-electron chi connectivity index (χ2n) is 4.43. The summed E-state index contributed by atoms with van der Waals surface area (Å²) in [6, 6.07) is 6.96. The first kappa shape index (κ1) is 17.8. The Kier molecular flexibility index (Phi) is 6.88. The molecule has 0 saturated heterocycles. The molecule has 8 heteroatoms. The summed E-state index contributed by atoms with van der Waals surface area (Å²) in [5.41, 5.74) is 0. The zero-order valence-electron chi connectivity index (χ0n) is 12.5. The maximum atomic E-state index is 12.3. The van der Waals surface area contributed by atoms with Gasteiger partial charge in [-0.3, -0.25) is 10.1 Å². The second kappa shape index (κ2) is 8.90. The lowest BCUT2D eigenvalue weighted by atomic mass is 10.2. The number of amides is 1. The van der Waals surface area contributed by atoms with Gasteiger partial charge in [-0.25, -0.2) is 0 Å². The molecular formula is C15H16ClN3O2S2. The number of carbonyl (C=O) groups excluding carboxylic acids is 1. The predicted molar refractivity (Wildman–Crippen MR) is 95.6 cm³/mol. The van der Waals surface area contributed by atoms with E-state index < -0.39 is 6.10 Å². The van der Waals surface area contributed by atoms with Gasteiger partial charge in [-0.2, -0.15) is 0 Å². The Morgan fingerprint density at radius 2 is 2.39 bits per heavy atom. The normalized spacial score (nSPS) is 11.7. The number of ether oxygens (including phenoxy) is 1. The van der Waals surface area contributed by atoms with Crippen molar-refractivity contribution in [3.05, 3.63) is 41.9 Å². The predicted octanol–water partition coefficient (Wildman–Crippen LogP) is 4.27. The summed E-state index contributed by atoms with van der Waals surface area (Å²) in [7, 11) is 0. The Bertz CT molecular complexity index is 678. The lowest BCUT2D eigenvalue weighted by Crippen LogP contribution is -2.32. The van der Waals surface area contributed by atoms with Crippen LogP contribution in [0.25, 0.3) is 0 Å². The number of nitrogens with one attached hydrogen (secondary N) is 1. The van der Waals surface area contributed by atoms with Gasteiger partial charge in [0.15, 0.2) is 10.4 Å². The van der Waals surface area contributed by atoms with Crippen LogP contribution in [0.3, 0.4) is 0 Å². The number of anilines is 1. The van der Waals surface area contributed by atoms with E-state index in [1.165, 1.54) is 23.1 Å². The van der Waals surface area contributed by atoms with Gasteiger partial charge in [0, 0.05) is 10.8 Å². The molecule has 0 bridgehead atoms. The van der Waals surface area contributed by atoms with Crippen LogP contribution in [0, 0.1) is 0 Å².